The Hall–Kier alpha value is -2.68. The fourth-order valence-corrected chi connectivity index (χ4v) is 2.96. The van der Waals surface area contributed by atoms with Gasteiger partial charge in [0.25, 0.3) is 0 Å². The second-order valence-corrected chi connectivity index (χ2v) is 6.38. The van der Waals surface area contributed by atoms with E-state index in [1.165, 1.54) is 12.0 Å². The van der Waals surface area contributed by atoms with E-state index in [9.17, 15) is 0 Å². The van der Waals surface area contributed by atoms with Crippen molar-refractivity contribution in [1.82, 2.24) is 0 Å². The highest BCUT2D eigenvalue weighted by molar-refractivity contribution is 5.53. The molecule has 0 saturated heterocycles. The Morgan fingerprint density at radius 1 is 1.00 bits per heavy atom. The van der Waals surface area contributed by atoms with E-state index in [0.717, 1.165) is 35.7 Å². The third kappa shape index (κ3) is 6.21. The van der Waals surface area contributed by atoms with Crippen LogP contribution in [0.2, 0.25) is 0 Å². The van der Waals surface area contributed by atoms with Crippen molar-refractivity contribution < 1.29 is 14.2 Å². The number of methoxy groups -OCH3 is 2. The van der Waals surface area contributed by atoms with Crippen molar-refractivity contribution in [2.24, 2.45) is 0 Å². The highest BCUT2D eigenvalue weighted by Crippen LogP contribution is 2.34. The molecule has 0 N–H and O–H groups in total. The van der Waals surface area contributed by atoms with Crippen molar-refractivity contribution in [3.8, 4) is 17.2 Å². The summed E-state index contributed by atoms with van der Waals surface area (Å²) in [4.78, 5) is 0. The number of hydrogen-bond donors (Lipinski definition) is 0. The van der Waals surface area contributed by atoms with Crippen LogP contribution in [0.4, 0.5) is 0 Å². The number of allylic oxidation sites excluding steroid dienone is 1. The maximum Gasteiger partial charge on any atom is 0.126 e. The first-order valence-corrected chi connectivity index (χ1v) is 9.45. The predicted molar refractivity (Wildman–Crippen MR) is 113 cm³/mol. The molecule has 27 heavy (non-hydrogen) atoms. The van der Waals surface area contributed by atoms with Gasteiger partial charge in [-0.2, -0.15) is 0 Å². The lowest BCUT2D eigenvalue weighted by Gasteiger charge is -2.17. The molecule has 2 rings (SSSR count). The number of benzene rings is 2. The van der Waals surface area contributed by atoms with Gasteiger partial charge < -0.3 is 14.2 Å². The summed E-state index contributed by atoms with van der Waals surface area (Å²) >= 11 is 0. The third-order valence-electron chi connectivity index (χ3n) is 4.48. The van der Waals surface area contributed by atoms with Crippen LogP contribution in [0, 0.1) is 0 Å². The summed E-state index contributed by atoms with van der Waals surface area (Å²) in [5.41, 5.74) is 2.34. The van der Waals surface area contributed by atoms with Crippen molar-refractivity contribution in [3.05, 3.63) is 72.3 Å². The quantitative estimate of drug-likeness (QED) is 0.440. The molecule has 0 fully saturated rings. The monoisotopic (exact) mass is 366 g/mol. The summed E-state index contributed by atoms with van der Waals surface area (Å²) in [6.07, 6.45) is 9.59. The normalized spacial score (nSPS) is 12.0. The molecule has 0 radical (unpaired) electrons. The molecule has 0 saturated carbocycles. The Balaban J connectivity index is 2.21. The molecule has 3 nitrogen and oxygen atoms in total. The van der Waals surface area contributed by atoms with Gasteiger partial charge in [0.1, 0.15) is 23.9 Å². The zero-order valence-corrected chi connectivity index (χ0v) is 16.6. The number of unbranched alkanes of at least 4 members (excludes halogenated alkanes) is 1. The smallest absolute Gasteiger partial charge is 0.126 e. The van der Waals surface area contributed by atoms with Gasteiger partial charge in [-0.3, -0.25) is 0 Å². The standard InChI is InChI=1S/C24H30O3/c1-5-7-8-20(23-16-15-22(25-3)18-24(23)26-4)12-9-19-10-13-21(14-11-19)27-17-6-2/h6,9-16,18,20H,2,5,7-8,17H2,1,3-4H3/b12-9+. The van der Waals surface area contributed by atoms with Crippen LogP contribution in [0.25, 0.3) is 6.08 Å². The molecular formula is C24H30O3. The van der Waals surface area contributed by atoms with Gasteiger partial charge >= 0.3 is 0 Å². The first kappa shape index (κ1) is 20.6. The van der Waals surface area contributed by atoms with Crippen LogP contribution in [-0.4, -0.2) is 20.8 Å². The van der Waals surface area contributed by atoms with Crippen LogP contribution in [0.3, 0.4) is 0 Å². The molecule has 0 aromatic heterocycles. The topological polar surface area (TPSA) is 27.7 Å². The maximum atomic E-state index is 5.62. The average Bonchev–Trinajstić information content (AvgIpc) is 2.72. The fourth-order valence-electron chi connectivity index (χ4n) is 2.96. The lowest BCUT2D eigenvalue weighted by molar-refractivity contribution is 0.363. The van der Waals surface area contributed by atoms with Gasteiger partial charge in [0.15, 0.2) is 0 Å². The molecule has 2 aromatic rings. The maximum absolute atomic E-state index is 5.62. The van der Waals surface area contributed by atoms with Gasteiger partial charge in [0.2, 0.25) is 0 Å². The minimum atomic E-state index is 0.294. The van der Waals surface area contributed by atoms with Crippen LogP contribution in [0.1, 0.15) is 43.2 Å². The summed E-state index contributed by atoms with van der Waals surface area (Å²) in [5.74, 6) is 2.83. The molecule has 0 aliphatic heterocycles. The first-order valence-electron chi connectivity index (χ1n) is 9.45. The van der Waals surface area contributed by atoms with Crippen LogP contribution >= 0.6 is 0 Å². The molecule has 0 bridgehead atoms. The van der Waals surface area contributed by atoms with Gasteiger partial charge in [0.05, 0.1) is 14.2 Å². The molecule has 2 aromatic carbocycles. The SMILES string of the molecule is C=CCOc1ccc(/C=C/C(CCCC)c2ccc(OC)cc2OC)cc1. The van der Waals surface area contributed by atoms with Crippen LogP contribution < -0.4 is 14.2 Å². The number of ether oxygens (including phenoxy) is 3. The average molecular weight is 367 g/mol. The van der Waals surface area contributed by atoms with E-state index in [-0.39, 0.29) is 0 Å². The largest absolute Gasteiger partial charge is 0.497 e. The second-order valence-electron chi connectivity index (χ2n) is 6.38. The Morgan fingerprint density at radius 2 is 1.74 bits per heavy atom. The molecule has 0 spiro atoms. The fraction of sp³-hybridized carbons (Fsp3) is 0.333. The van der Waals surface area contributed by atoms with Crippen LogP contribution in [0.15, 0.2) is 61.2 Å². The highest BCUT2D eigenvalue weighted by atomic mass is 16.5. The van der Waals surface area contributed by atoms with E-state index >= 15 is 0 Å². The summed E-state index contributed by atoms with van der Waals surface area (Å²) < 4.78 is 16.5. The predicted octanol–water partition coefficient (Wildman–Crippen LogP) is 6.26. The molecule has 1 atom stereocenters. The van der Waals surface area contributed by atoms with Gasteiger partial charge in [-0.15, -0.1) is 0 Å². The number of rotatable bonds is 11. The molecule has 0 aliphatic rings. The Labute approximate surface area is 163 Å². The lowest BCUT2D eigenvalue weighted by Crippen LogP contribution is -2.00. The second kappa shape index (κ2) is 11.1. The summed E-state index contributed by atoms with van der Waals surface area (Å²) in [6, 6.07) is 14.2. The first-order chi connectivity index (χ1) is 13.2. The van der Waals surface area contributed by atoms with Gasteiger partial charge in [-0.25, -0.2) is 0 Å². The molecule has 3 heteroatoms. The minimum absolute atomic E-state index is 0.294. The van der Waals surface area contributed by atoms with E-state index in [2.05, 4.69) is 43.9 Å². The zero-order chi connectivity index (χ0) is 19.5. The highest BCUT2D eigenvalue weighted by Gasteiger charge is 2.14. The van der Waals surface area contributed by atoms with Crippen molar-refractivity contribution in [2.75, 3.05) is 20.8 Å². The van der Waals surface area contributed by atoms with E-state index in [1.54, 1.807) is 20.3 Å². The van der Waals surface area contributed by atoms with E-state index < -0.39 is 0 Å². The van der Waals surface area contributed by atoms with E-state index in [4.69, 9.17) is 14.2 Å². The molecule has 0 heterocycles. The van der Waals surface area contributed by atoms with Crippen molar-refractivity contribution in [1.29, 1.82) is 0 Å². The van der Waals surface area contributed by atoms with Crippen molar-refractivity contribution in [3.63, 3.8) is 0 Å². The van der Waals surface area contributed by atoms with Crippen LogP contribution in [-0.2, 0) is 0 Å². The summed E-state index contributed by atoms with van der Waals surface area (Å²) in [6.45, 7) is 6.40. The van der Waals surface area contributed by atoms with Crippen LogP contribution in [0.5, 0.6) is 17.2 Å². The molecule has 0 aliphatic carbocycles. The van der Waals surface area contributed by atoms with E-state index in [0.29, 0.717) is 12.5 Å². The lowest BCUT2D eigenvalue weighted by atomic mass is 9.91. The van der Waals surface area contributed by atoms with Gasteiger partial charge in [-0.1, -0.05) is 62.8 Å². The molecule has 0 amide bonds. The molecule has 144 valence electrons. The third-order valence-corrected chi connectivity index (χ3v) is 4.48. The minimum Gasteiger partial charge on any atom is -0.497 e. The summed E-state index contributed by atoms with van der Waals surface area (Å²) in [5, 5.41) is 0. The van der Waals surface area contributed by atoms with Crippen molar-refractivity contribution in [2.45, 2.75) is 32.1 Å². The Morgan fingerprint density at radius 3 is 2.37 bits per heavy atom. The summed E-state index contributed by atoms with van der Waals surface area (Å²) in [7, 11) is 3.38. The van der Waals surface area contributed by atoms with Gasteiger partial charge in [-0.05, 0) is 30.2 Å². The molecule has 1 unspecified atom stereocenters. The zero-order valence-electron chi connectivity index (χ0n) is 16.6. The Kier molecular flexibility index (Phi) is 8.50. The molecular weight excluding hydrogens is 336 g/mol. The van der Waals surface area contributed by atoms with Crippen molar-refractivity contribution >= 4 is 6.08 Å². The number of hydrogen-bond acceptors (Lipinski definition) is 3. The van der Waals surface area contributed by atoms with E-state index in [1.807, 2.05) is 24.3 Å². The van der Waals surface area contributed by atoms with Gasteiger partial charge in [0, 0.05) is 17.5 Å². The Bertz CT molecular complexity index is 732.